The quantitative estimate of drug-likeness (QED) is 0.403. The van der Waals surface area contributed by atoms with Gasteiger partial charge in [0.1, 0.15) is 11.5 Å². The summed E-state index contributed by atoms with van der Waals surface area (Å²) in [5, 5.41) is 19.1. The van der Waals surface area contributed by atoms with E-state index in [0.29, 0.717) is 29.4 Å². The summed E-state index contributed by atoms with van der Waals surface area (Å²) in [6.07, 6.45) is 6.21. The predicted octanol–water partition coefficient (Wildman–Crippen LogP) is 5.96. The van der Waals surface area contributed by atoms with Crippen LogP contribution < -0.4 is 15.4 Å². The monoisotopic (exact) mass is 483 g/mol. The summed E-state index contributed by atoms with van der Waals surface area (Å²) in [4.78, 5) is 4.42. The maximum absolute atomic E-state index is 10.1. The molecule has 0 spiro atoms. The molecular formula is C23H28Cl3N3O2. The molecule has 3 N–H and O–H groups in total. The minimum Gasteiger partial charge on any atom is -0.508 e. The fraction of sp³-hybridized carbons (Fsp3) is 0.348. The molecule has 1 saturated carbocycles. The topological polar surface area (TPSA) is 66.4 Å². The molecule has 0 radical (unpaired) electrons. The summed E-state index contributed by atoms with van der Waals surface area (Å²) in [6.45, 7) is 0.640. The molecule has 168 valence electrons. The summed E-state index contributed by atoms with van der Waals surface area (Å²) in [5.74, 6) is 1.07. The Balaban J connectivity index is 0.00000171. The number of anilines is 1. The molecule has 1 heterocycles. The van der Waals surface area contributed by atoms with Crippen molar-refractivity contribution in [1.82, 2.24) is 10.3 Å². The smallest absolute Gasteiger partial charge is 0.120 e. The van der Waals surface area contributed by atoms with Gasteiger partial charge in [0.15, 0.2) is 0 Å². The van der Waals surface area contributed by atoms with E-state index in [9.17, 15) is 5.11 Å². The van der Waals surface area contributed by atoms with E-state index in [1.807, 2.05) is 36.5 Å². The number of benzene rings is 2. The second-order valence-electron chi connectivity index (χ2n) is 7.59. The van der Waals surface area contributed by atoms with Crippen molar-refractivity contribution >= 4 is 53.0 Å². The van der Waals surface area contributed by atoms with E-state index in [0.717, 1.165) is 53.6 Å². The molecule has 1 aliphatic carbocycles. The SMILES string of the molecule is COc1ccc(O)c(CN[C@H]2CC[C@@H](Nc3ccnc4cc(Cl)ccc34)CC2)c1.Cl.Cl. The van der Waals surface area contributed by atoms with Crippen LogP contribution in [-0.2, 0) is 6.54 Å². The molecule has 8 heteroatoms. The molecule has 4 rings (SSSR count). The first-order chi connectivity index (χ1) is 14.1. The van der Waals surface area contributed by atoms with Gasteiger partial charge in [-0.1, -0.05) is 11.6 Å². The van der Waals surface area contributed by atoms with E-state index in [1.165, 1.54) is 0 Å². The summed E-state index contributed by atoms with van der Waals surface area (Å²) in [5.41, 5.74) is 2.90. The van der Waals surface area contributed by atoms with Crippen LogP contribution in [0.25, 0.3) is 10.9 Å². The molecule has 0 unspecified atom stereocenters. The summed E-state index contributed by atoms with van der Waals surface area (Å²) in [6, 6.07) is 14.1. The molecule has 3 aromatic rings. The second-order valence-corrected chi connectivity index (χ2v) is 8.02. The Kier molecular flexibility index (Phi) is 9.51. The number of aromatic nitrogens is 1. The van der Waals surface area contributed by atoms with Crippen molar-refractivity contribution in [1.29, 1.82) is 0 Å². The lowest BCUT2D eigenvalue weighted by molar-refractivity contribution is 0.350. The van der Waals surface area contributed by atoms with Crippen LogP contribution in [0.15, 0.2) is 48.7 Å². The Labute approximate surface area is 200 Å². The largest absolute Gasteiger partial charge is 0.508 e. The first kappa shape index (κ1) is 25.3. The molecule has 0 saturated heterocycles. The molecule has 31 heavy (non-hydrogen) atoms. The van der Waals surface area contributed by atoms with Gasteiger partial charge in [0.25, 0.3) is 0 Å². The Bertz CT molecular complexity index is 995. The van der Waals surface area contributed by atoms with Crippen molar-refractivity contribution < 1.29 is 9.84 Å². The zero-order chi connectivity index (χ0) is 20.2. The van der Waals surface area contributed by atoms with Crippen LogP contribution in [-0.4, -0.2) is 29.3 Å². The molecule has 1 aliphatic rings. The lowest BCUT2D eigenvalue weighted by Crippen LogP contribution is -2.36. The van der Waals surface area contributed by atoms with Gasteiger partial charge in [0, 0.05) is 46.5 Å². The minimum absolute atomic E-state index is 0. The summed E-state index contributed by atoms with van der Waals surface area (Å²) < 4.78 is 5.25. The first-order valence-electron chi connectivity index (χ1n) is 10.0. The molecule has 0 atom stereocenters. The number of methoxy groups -OCH3 is 1. The van der Waals surface area contributed by atoms with Crippen molar-refractivity contribution in [2.24, 2.45) is 0 Å². The molecule has 2 aromatic carbocycles. The van der Waals surface area contributed by atoms with Crippen molar-refractivity contribution in [3.8, 4) is 11.5 Å². The van der Waals surface area contributed by atoms with Crippen molar-refractivity contribution in [2.45, 2.75) is 44.3 Å². The highest BCUT2D eigenvalue weighted by atomic mass is 35.5. The zero-order valence-corrected chi connectivity index (χ0v) is 19.7. The van der Waals surface area contributed by atoms with Crippen LogP contribution in [0.1, 0.15) is 31.2 Å². The van der Waals surface area contributed by atoms with Crippen molar-refractivity contribution in [3.05, 3.63) is 59.2 Å². The van der Waals surface area contributed by atoms with E-state index in [-0.39, 0.29) is 24.8 Å². The fourth-order valence-corrected chi connectivity index (χ4v) is 4.16. The Morgan fingerprint density at radius 2 is 1.77 bits per heavy atom. The third kappa shape index (κ3) is 6.30. The van der Waals surface area contributed by atoms with E-state index in [2.05, 4.69) is 15.6 Å². The average molecular weight is 485 g/mol. The number of hydrogen-bond donors (Lipinski definition) is 3. The van der Waals surface area contributed by atoms with E-state index in [1.54, 1.807) is 19.2 Å². The number of nitrogens with one attached hydrogen (secondary N) is 2. The number of phenols is 1. The van der Waals surface area contributed by atoms with Gasteiger partial charge in [-0.15, -0.1) is 24.8 Å². The number of pyridine rings is 1. The maximum Gasteiger partial charge on any atom is 0.120 e. The molecule has 1 aromatic heterocycles. The van der Waals surface area contributed by atoms with Gasteiger partial charge >= 0.3 is 0 Å². The highest BCUT2D eigenvalue weighted by Gasteiger charge is 2.21. The zero-order valence-electron chi connectivity index (χ0n) is 17.3. The van der Waals surface area contributed by atoms with E-state index >= 15 is 0 Å². The van der Waals surface area contributed by atoms with Gasteiger partial charge in [-0.3, -0.25) is 4.98 Å². The van der Waals surface area contributed by atoms with Gasteiger partial charge < -0.3 is 20.5 Å². The van der Waals surface area contributed by atoms with Crippen LogP contribution in [0.5, 0.6) is 11.5 Å². The third-order valence-corrected chi connectivity index (χ3v) is 5.89. The number of aromatic hydroxyl groups is 1. The fourth-order valence-electron chi connectivity index (χ4n) is 3.99. The lowest BCUT2D eigenvalue weighted by atomic mass is 9.90. The molecule has 5 nitrogen and oxygen atoms in total. The number of nitrogens with zero attached hydrogens (tertiary/aromatic N) is 1. The summed E-state index contributed by atoms with van der Waals surface area (Å²) in [7, 11) is 1.64. The van der Waals surface area contributed by atoms with Gasteiger partial charge in [0.2, 0.25) is 0 Å². The van der Waals surface area contributed by atoms with Gasteiger partial charge in [-0.2, -0.15) is 0 Å². The molecule has 1 fully saturated rings. The Morgan fingerprint density at radius 1 is 1.03 bits per heavy atom. The van der Waals surface area contributed by atoms with Crippen LogP contribution in [0, 0.1) is 0 Å². The normalized spacial score (nSPS) is 18.0. The van der Waals surface area contributed by atoms with Crippen molar-refractivity contribution in [3.63, 3.8) is 0 Å². The highest BCUT2D eigenvalue weighted by molar-refractivity contribution is 6.31. The number of fused-ring (bicyclic) bond motifs is 1. The van der Waals surface area contributed by atoms with Gasteiger partial charge in [-0.25, -0.2) is 0 Å². The predicted molar refractivity (Wildman–Crippen MR) is 132 cm³/mol. The number of phenolic OH excluding ortho intramolecular Hbond substituents is 1. The number of halogens is 3. The first-order valence-corrected chi connectivity index (χ1v) is 10.4. The standard InChI is InChI=1S/C23H26ClN3O2.2ClH/c1-29-19-7-9-23(28)15(12-19)14-26-17-3-5-18(6-4-17)27-21-10-11-25-22-13-16(24)2-8-20(21)22;;/h2,7-13,17-18,26,28H,3-6,14H2,1H3,(H,25,27);2*1H/t17-,18+;;. The van der Waals surface area contributed by atoms with Crippen LogP contribution in [0.4, 0.5) is 5.69 Å². The Morgan fingerprint density at radius 3 is 2.52 bits per heavy atom. The van der Waals surface area contributed by atoms with Gasteiger partial charge in [-0.05, 0) is 68.1 Å². The van der Waals surface area contributed by atoms with Gasteiger partial charge in [0.05, 0.1) is 12.6 Å². The Hall–Kier alpha value is -1.92. The molecular weight excluding hydrogens is 457 g/mol. The van der Waals surface area contributed by atoms with E-state index < -0.39 is 0 Å². The highest BCUT2D eigenvalue weighted by Crippen LogP contribution is 2.29. The van der Waals surface area contributed by atoms with Crippen LogP contribution in [0.3, 0.4) is 0 Å². The third-order valence-electron chi connectivity index (χ3n) is 5.66. The second kappa shape index (κ2) is 11.6. The van der Waals surface area contributed by atoms with Crippen LogP contribution >= 0.6 is 36.4 Å². The van der Waals surface area contributed by atoms with E-state index in [4.69, 9.17) is 16.3 Å². The molecule has 0 aliphatic heterocycles. The summed E-state index contributed by atoms with van der Waals surface area (Å²) >= 11 is 6.09. The number of rotatable bonds is 6. The minimum atomic E-state index is 0. The average Bonchev–Trinajstić information content (AvgIpc) is 2.74. The van der Waals surface area contributed by atoms with Crippen LogP contribution in [0.2, 0.25) is 5.02 Å². The molecule has 0 bridgehead atoms. The number of ether oxygens (including phenoxy) is 1. The maximum atomic E-state index is 10.1. The van der Waals surface area contributed by atoms with Crippen molar-refractivity contribution in [2.75, 3.05) is 12.4 Å². The molecule has 0 amide bonds. The lowest BCUT2D eigenvalue weighted by Gasteiger charge is -2.30. The number of hydrogen-bond acceptors (Lipinski definition) is 5.